The molecule has 0 aliphatic heterocycles. The molecule has 1 aromatic carbocycles. The van der Waals surface area contributed by atoms with Gasteiger partial charge in [-0.25, -0.2) is 0 Å². The van der Waals surface area contributed by atoms with E-state index in [1.54, 1.807) is 0 Å². The minimum absolute atomic E-state index is 0.455. The Morgan fingerprint density at radius 3 is 2.42 bits per heavy atom. The first-order valence-corrected chi connectivity index (χ1v) is 9.76. The first-order chi connectivity index (χ1) is 12.5. The van der Waals surface area contributed by atoms with Gasteiger partial charge in [0, 0.05) is 35.2 Å². The monoisotopic (exact) mass is 366 g/mol. The highest BCUT2D eigenvalue weighted by Crippen LogP contribution is 2.35. The molecule has 0 spiro atoms. The van der Waals surface area contributed by atoms with Crippen molar-refractivity contribution in [2.45, 2.75) is 53.0 Å². The number of pyridine rings is 1. The Bertz CT molecular complexity index is 879. The van der Waals surface area contributed by atoms with E-state index in [2.05, 4.69) is 73.6 Å². The lowest BCUT2D eigenvalue weighted by Gasteiger charge is -2.16. The molecular formula is C23H27ClN2. The summed E-state index contributed by atoms with van der Waals surface area (Å²) in [7, 11) is 0. The lowest BCUT2D eigenvalue weighted by atomic mass is 9.97. The lowest BCUT2D eigenvalue weighted by Crippen LogP contribution is -2.05. The third kappa shape index (κ3) is 4.02. The van der Waals surface area contributed by atoms with E-state index in [0.29, 0.717) is 5.92 Å². The molecule has 2 aromatic heterocycles. The van der Waals surface area contributed by atoms with Gasteiger partial charge in [-0.3, -0.25) is 4.98 Å². The molecule has 3 rings (SSSR count). The van der Waals surface area contributed by atoms with Crippen LogP contribution in [0.25, 0.3) is 11.3 Å². The SMILES string of the molecule is CCCc1cc(Cl)cc(-c2c(C(C)C)cc(C)n2Cc2ccncc2)c1. The second-order valence-corrected chi connectivity index (χ2v) is 7.72. The summed E-state index contributed by atoms with van der Waals surface area (Å²) in [6.45, 7) is 9.75. The van der Waals surface area contributed by atoms with Gasteiger partial charge in [-0.15, -0.1) is 0 Å². The zero-order chi connectivity index (χ0) is 18.7. The van der Waals surface area contributed by atoms with E-state index in [-0.39, 0.29) is 0 Å². The number of hydrogen-bond acceptors (Lipinski definition) is 1. The number of halogens is 1. The van der Waals surface area contributed by atoms with E-state index in [4.69, 9.17) is 11.6 Å². The van der Waals surface area contributed by atoms with Crippen molar-refractivity contribution in [3.05, 3.63) is 76.2 Å². The van der Waals surface area contributed by atoms with Crippen LogP contribution in [0.1, 0.15) is 55.5 Å². The molecule has 0 aliphatic rings. The van der Waals surface area contributed by atoms with E-state index >= 15 is 0 Å². The van der Waals surface area contributed by atoms with E-state index in [9.17, 15) is 0 Å². The molecule has 0 bridgehead atoms. The molecule has 3 heteroatoms. The zero-order valence-electron chi connectivity index (χ0n) is 16.1. The third-order valence-electron chi connectivity index (χ3n) is 4.82. The van der Waals surface area contributed by atoms with Gasteiger partial charge < -0.3 is 4.57 Å². The maximum absolute atomic E-state index is 6.47. The topological polar surface area (TPSA) is 17.8 Å². The Labute approximate surface area is 161 Å². The standard InChI is InChI=1S/C23H27ClN2/c1-5-6-19-12-20(14-21(24)13-19)23-22(16(2)3)11-17(4)26(23)15-18-7-9-25-10-8-18/h7-14,16H,5-6,15H2,1-4H3. The van der Waals surface area contributed by atoms with Crippen LogP contribution in [-0.4, -0.2) is 9.55 Å². The van der Waals surface area contributed by atoms with Crippen molar-refractivity contribution >= 4 is 11.6 Å². The maximum Gasteiger partial charge on any atom is 0.0521 e. The van der Waals surface area contributed by atoms with Gasteiger partial charge >= 0.3 is 0 Å². The fraction of sp³-hybridized carbons (Fsp3) is 0.348. The smallest absolute Gasteiger partial charge is 0.0521 e. The lowest BCUT2D eigenvalue weighted by molar-refractivity contribution is 0.774. The molecule has 26 heavy (non-hydrogen) atoms. The number of rotatable bonds is 6. The quantitative estimate of drug-likeness (QED) is 0.478. The molecule has 0 atom stereocenters. The predicted molar refractivity (Wildman–Crippen MR) is 111 cm³/mol. The minimum Gasteiger partial charge on any atom is -0.340 e. The average Bonchev–Trinajstić information content (AvgIpc) is 2.92. The van der Waals surface area contributed by atoms with E-state index < -0.39 is 0 Å². The molecule has 2 nitrogen and oxygen atoms in total. The van der Waals surface area contributed by atoms with Gasteiger partial charge in [0.25, 0.3) is 0 Å². The van der Waals surface area contributed by atoms with Crippen molar-refractivity contribution in [3.8, 4) is 11.3 Å². The van der Waals surface area contributed by atoms with Crippen LogP contribution in [0.4, 0.5) is 0 Å². The van der Waals surface area contributed by atoms with Crippen molar-refractivity contribution in [2.24, 2.45) is 0 Å². The largest absolute Gasteiger partial charge is 0.340 e. The first-order valence-electron chi connectivity index (χ1n) is 9.38. The van der Waals surface area contributed by atoms with Crippen molar-refractivity contribution in [2.75, 3.05) is 0 Å². The molecule has 0 unspecified atom stereocenters. The Morgan fingerprint density at radius 2 is 1.77 bits per heavy atom. The van der Waals surface area contributed by atoms with Crippen LogP contribution in [0.5, 0.6) is 0 Å². The summed E-state index contributed by atoms with van der Waals surface area (Å²) in [5.74, 6) is 0.455. The summed E-state index contributed by atoms with van der Waals surface area (Å²) in [6.07, 6.45) is 5.88. The maximum atomic E-state index is 6.47. The summed E-state index contributed by atoms with van der Waals surface area (Å²) in [5.41, 5.74) is 7.71. The van der Waals surface area contributed by atoms with Gasteiger partial charge in [0.2, 0.25) is 0 Å². The van der Waals surface area contributed by atoms with Crippen molar-refractivity contribution in [1.29, 1.82) is 0 Å². The van der Waals surface area contributed by atoms with Gasteiger partial charge in [0.1, 0.15) is 0 Å². The van der Waals surface area contributed by atoms with E-state index in [1.807, 2.05) is 12.4 Å². The molecule has 0 saturated carbocycles. The van der Waals surface area contributed by atoms with Crippen LogP contribution in [-0.2, 0) is 13.0 Å². The molecule has 0 radical (unpaired) electrons. The molecule has 136 valence electrons. The fourth-order valence-electron chi connectivity index (χ4n) is 3.56. The van der Waals surface area contributed by atoms with E-state index in [0.717, 1.165) is 24.4 Å². The molecule has 0 N–H and O–H groups in total. The van der Waals surface area contributed by atoms with Crippen LogP contribution in [0.15, 0.2) is 48.8 Å². The molecule has 3 aromatic rings. The number of benzene rings is 1. The van der Waals surface area contributed by atoms with Gasteiger partial charge in [-0.1, -0.05) is 38.8 Å². The van der Waals surface area contributed by atoms with Crippen LogP contribution < -0.4 is 0 Å². The molecule has 0 saturated heterocycles. The average molecular weight is 367 g/mol. The second kappa shape index (κ2) is 8.09. The summed E-state index contributed by atoms with van der Waals surface area (Å²) >= 11 is 6.47. The Balaban J connectivity index is 2.16. The van der Waals surface area contributed by atoms with Gasteiger partial charge in [0.15, 0.2) is 0 Å². The third-order valence-corrected chi connectivity index (χ3v) is 5.03. The summed E-state index contributed by atoms with van der Waals surface area (Å²) < 4.78 is 2.41. The first kappa shape index (κ1) is 18.7. The number of aromatic nitrogens is 2. The normalized spacial score (nSPS) is 11.3. The van der Waals surface area contributed by atoms with Gasteiger partial charge in [0.05, 0.1) is 5.69 Å². The predicted octanol–water partition coefficient (Wildman–Crippen LogP) is 6.64. The van der Waals surface area contributed by atoms with Crippen LogP contribution in [0, 0.1) is 6.92 Å². The number of aryl methyl sites for hydroxylation is 2. The van der Waals surface area contributed by atoms with Crippen LogP contribution >= 0.6 is 11.6 Å². The summed E-state index contributed by atoms with van der Waals surface area (Å²) in [5, 5.41) is 0.815. The number of nitrogens with zero attached hydrogens (tertiary/aromatic N) is 2. The van der Waals surface area contributed by atoms with Crippen LogP contribution in [0.3, 0.4) is 0 Å². The van der Waals surface area contributed by atoms with Gasteiger partial charge in [-0.05, 0) is 72.4 Å². The Kier molecular flexibility index (Phi) is 5.83. The summed E-state index contributed by atoms with van der Waals surface area (Å²) in [6, 6.07) is 13.0. The minimum atomic E-state index is 0.455. The number of hydrogen-bond donors (Lipinski definition) is 0. The van der Waals surface area contributed by atoms with Crippen molar-refractivity contribution in [1.82, 2.24) is 9.55 Å². The molecule has 0 amide bonds. The van der Waals surface area contributed by atoms with E-state index in [1.165, 1.54) is 33.6 Å². The summed E-state index contributed by atoms with van der Waals surface area (Å²) in [4.78, 5) is 4.14. The Morgan fingerprint density at radius 1 is 1.04 bits per heavy atom. The van der Waals surface area contributed by atoms with Gasteiger partial charge in [-0.2, -0.15) is 0 Å². The molecule has 0 aliphatic carbocycles. The Hall–Kier alpha value is -2.06. The highest BCUT2D eigenvalue weighted by atomic mass is 35.5. The molecular weight excluding hydrogens is 340 g/mol. The second-order valence-electron chi connectivity index (χ2n) is 7.28. The molecule has 2 heterocycles. The van der Waals surface area contributed by atoms with Crippen LogP contribution in [0.2, 0.25) is 5.02 Å². The van der Waals surface area contributed by atoms with Crippen molar-refractivity contribution < 1.29 is 0 Å². The zero-order valence-corrected chi connectivity index (χ0v) is 16.8. The highest BCUT2D eigenvalue weighted by molar-refractivity contribution is 6.31. The van der Waals surface area contributed by atoms with Crippen molar-refractivity contribution in [3.63, 3.8) is 0 Å². The molecule has 0 fully saturated rings. The fourth-order valence-corrected chi connectivity index (χ4v) is 3.82. The highest BCUT2D eigenvalue weighted by Gasteiger charge is 2.18.